The number of aromatic nitrogens is 4. The van der Waals surface area contributed by atoms with Crippen molar-refractivity contribution in [3.05, 3.63) is 36.2 Å². The summed E-state index contributed by atoms with van der Waals surface area (Å²) in [6, 6.07) is 7.84. The van der Waals surface area contributed by atoms with Crippen molar-refractivity contribution >= 4 is 22.8 Å². The molecule has 0 amide bonds. The standard InChI is InChI=1S/C16H15N5O/c1-9(22)10-3-2-4-11(7-10)14-20-15-13(17-8-18-15)16(21-14)19-12-5-6-12/h2-4,7-8,12H,5-6H2,1H3,(H2,17,18,19,20,21). The maximum absolute atomic E-state index is 11.6. The first-order valence-corrected chi connectivity index (χ1v) is 7.30. The van der Waals surface area contributed by atoms with E-state index in [0.717, 1.165) is 29.7 Å². The third kappa shape index (κ3) is 2.32. The molecule has 0 spiro atoms. The van der Waals surface area contributed by atoms with E-state index in [0.29, 0.717) is 23.1 Å². The number of benzene rings is 1. The van der Waals surface area contributed by atoms with Crippen LogP contribution in [0.15, 0.2) is 30.6 Å². The van der Waals surface area contributed by atoms with Gasteiger partial charge in [0.25, 0.3) is 0 Å². The Morgan fingerprint density at radius 2 is 2.18 bits per heavy atom. The van der Waals surface area contributed by atoms with Crippen LogP contribution in [0.2, 0.25) is 0 Å². The van der Waals surface area contributed by atoms with Gasteiger partial charge in [0.15, 0.2) is 23.1 Å². The number of rotatable bonds is 4. The fourth-order valence-electron chi connectivity index (χ4n) is 2.37. The topological polar surface area (TPSA) is 83.6 Å². The predicted octanol–water partition coefficient (Wildman–Crippen LogP) is 2.80. The highest BCUT2D eigenvalue weighted by atomic mass is 16.1. The van der Waals surface area contributed by atoms with Crippen LogP contribution in [-0.4, -0.2) is 31.8 Å². The Kier molecular flexibility index (Phi) is 2.89. The van der Waals surface area contributed by atoms with Gasteiger partial charge in [0.2, 0.25) is 0 Å². The number of nitrogens with one attached hydrogen (secondary N) is 2. The molecule has 2 aromatic heterocycles. The van der Waals surface area contributed by atoms with Crippen molar-refractivity contribution < 1.29 is 4.79 Å². The molecule has 22 heavy (non-hydrogen) atoms. The first-order chi connectivity index (χ1) is 10.7. The molecule has 0 unspecified atom stereocenters. The fourth-order valence-corrected chi connectivity index (χ4v) is 2.37. The number of imidazole rings is 1. The Morgan fingerprint density at radius 3 is 2.95 bits per heavy atom. The number of aromatic amines is 1. The number of hydrogen-bond acceptors (Lipinski definition) is 5. The van der Waals surface area contributed by atoms with E-state index in [1.54, 1.807) is 19.3 Å². The lowest BCUT2D eigenvalue weighted by Crippen LogP contribution is -2.06. The minimum Gasteiger partial charge on any atom is -0.365 e. The second kappa shape index (κ2) is 4.91. The summed E-state index contributed by atoms with van der Waals surface area (Å²) < 4.78 is 0. The molecule has 0 atom stereocenters. The lowest BCUT2D eigenvalue weighted by molar-refractivity contribution is 0.101. The van der Waals surface area contributed by atoms with Gasteiger partial charge < -0.3 is 10.3 Å². The average Bonchev–Trinajstić information content (AvgIpc) is 3.21. The quantitative estimate of drug-likeness (QED) is 0.723. The molecule has 1 aliphatic carbocycles. The van der Waals surface area contributed by atoms with E-state index in [-0.39, 0.29) is 5.78 Å². The van der Waals surface area contributed by atoms with E-state index in [4.69, 9.17) is 0 Å². The van der Waals surface area contributed by atoms with Gasteiger partial charge in [0.1, 0.15) is 5.52 Å². The number of hydrogen-bond donors (Lipinski definition) is 2. The highest BCUT2D eigenvalue weighted by Gasteiger charge is 2.23. The second-order valence-electron chi connectivity index (χ2n) is 5.55. The highest BCUT2D eigenvalue weighted by Crippen LogP contribution is 2.28. The third-order valence-corrected chi connectivity index (χ3v) is 3.73. The van der Waals surface area contributed by atoms with E-state index in [1.807, 2.05) is 18.2 Å². The first-order valence-electron chi connectivity index (χ1n) is 7.30. The Morgan fingerprint density at radius 1 is 1.32 bits per heavy atom. The molecule has 6 heteroatoms. The number of H-pyrrole nitrogens is 1. The van der Waals surface area contributed by atoms with Crippen LogP contribution >= 0.6 is 0 Å². The Bertz CT molecular complexity index is 866. The van der Waals surface area contributed by atoms with Gasteiger partial charge in [-0.25, -0.2) is 15.0 Å². The van der Waals surface area contributed by atoms with Crippen molar-refractivity contribution in [3.63, 3.8) is 0 Å². The smallest absolute Gasteiger partial charge is 0.183 e. The predicted molar refractivity (Wildman–Crippen MR) is 83.8 cm³/mol. The summed E-state index contributed by atoms with van der Waals surface area (Å²) in [4.78, 5) is 28.0. The van der Waals surface area contributed by atoms with Crippen LogP contribution in [0.25, 0.3) is 22.6 Å². The largest absolute Gasteiger partial charge is 0.365 e. The van der Waals surface area contributed by atoms with Gasteiger partial charge in [-0.1, -0.05) is 18.2 Å². The van der Waals surface area contributed by atoms with Crippen molar-refractivity contribution in [3.8, 4) is 11.4 Å². The van der Waals surface area contributed by atoms with Crippen molar-refractivity contribution in [1.29, 1.82) is 0 Å². The summed E-state index contributed by atoms with van der Waals surface area (Å²) in [5, 5.41) is 3.40. The highest BCUT2D eigenvalue weighted by molar-refractivity contribution is 5.95. The lowest BCUT2D eigenvalue weighted by atomic mass is 10.1. The van der Waals surface area contributed by atoms with Crippen LogP contribution in [0.5, 0.6) is 0 Å². The lowest BCUT2D eigenvalue weighted by Gasteiger charge is -2.08. The number of Topliss-reactive ketones (excluding diaryl/α,β-unsaturated/α-hetero) is 1. The zero-order valence-corrected chi connectivity index (χ0v) is 12.1. The molecule has 6 nitrogen and oxygen atoms in total. The minimum atomic E-state index is 0.0269. The van der Waals surface area contributed by atoms with Gasteiger partial charge >= 0.3 is 0 Å². The minimum absolute atomic E-state index is 0.0269. The molecule has 2 heterocycles. The van der Waals surface area contributed by atoms with Crippen LogP contribution in [0.4, 0.5) is 5.82 Å². The molecule has 0 saturated heterocycles. The second-order valence-corrected chi connectivity index (χ2v) is 5.55. The van der Waals surface area contributed by atoms with Crippen LogP contribution in [0.1, 0.15) is 30.1 Å². The Hall–Kier alpha value is -2.76. The fraction of sp³-hybridized carbons (Fsp3) is 0.250. The summed E-state index contributed by atoms with van der Waals surface area (Å²) in [6.07, 6.45) is 3.94. The van der Waals surface area contributed by atoms with Gasteiger partial charge in [-0.15, -0.1) is 0 Å². The van der Waals surface area contributed by atoms with E-state index >= 15 is 0 Å². The van der Waals surface area contributed by atoms with Crippen molar-refractivity contribution in [2.75, 3.05) is 5.32 Å². The molecule has 1 aromatic carbocycles. The molecule has 0 aliphatic heterocycles. The van der Waals surface area contributed by atoms with E-state index < -0.39 is 0 Å². The Balaban J connectivity index is 1.83. The Labute approximate surface area is 127 Å². The van der Waals surface area contributed by atoms with Gasteiger partial charge in [0, 0.05) is 17.2 Å². The molecule has 110 valence electrons. The summed E-state index contributed by atoms with van der Waals surface area (Å²) in [5.41, 5.74) is 2.91. The SMILES string of the molecule is CC(=O)c1cccc(-c2nc(NC3CC3)c3[nH]cnc3n2)c1. The molecule has 0 bridgehead atoms. The van der Waals surface area contributed by atoms with E-state index in [1.165, 1.54) is 0 Å². The zero-order valence-electron chi connectivity index (χ0n) is 12.1. The molecular formula is C16H15N5O. The summed E-state index contributed by atoms with van der Waals surface area (Å²) >= 11 is 0. The average molecular weight is 293 g/mol. The number of carbonyl (C=O) groups excluding carboxylic acids is 1. The zero-order chi connectivity index (χ0) is 15.1. The van der Waals surface area contributed by atoms with Crippen molar-refractivity contribution in [2.24, 2.45) is 0 Å². The molecule has 0 radical (unpaired) electrons. The van der Waals surface area contributed by atoms with Crippen molar-refractivity contribution in [1.82, 2.24) is 19.9 Å². The molecule has 2 N–H and O–H groups in total. The molecule has 1 saturated carbocycles. The van der Waals surface area contributed by atoms with E-state index in [9.17, 15) is 4.79 Å². The summed E-state index contributed by atoms with van der Waals surface area (Å²) in [7, 11) is 0. The summed E-state index contributed by atoms with van der Waals surface area (Å²) in [6.45, 7) is 1.55. The molecular weight excluding hydrogens is 278 g/mol. The number of fused-ring (bicyclic) bond motifs is 1. The molecule has 1 fully saturated rings. The van der Waals surface area contributed by atoms with Crippen LogP contribution < -0.4 is 5.32 Å². The number of anilines is 1. The maximum Gasteiger partial charge on any atom is 0.183 e. The number of ketones is 1. The monoisotopic (exact) mass is 293 g/mol. The van der Waals surface area contributed by atoms with Crippen LogP contribution in [0.3, 0.4) is 0 Å². The number of carbonyl (C=O) groups is 1. The first kappa shape index (κ1) is 12.9. The van der Waals surface area contributed by atoms with Crippen LogP contribution in [0, 0.1) is 0 Å². The molecule has 3 aromatic rings. The van der Waals surface area contributed by atoms with E-state index in [2.05, 4.69) is 25.3 Å². The summed E-state index contributed by atoms with van der Waals surface area (Å²) in [5.74, 6) is 1.37. The maximum atomic E-state index is 11.6. The molecule has 4 rings (SSSR count). The van der Waals surface area contributed by atoms with Gasteiger partial charge in [0.05, 0.1) is 6.33 Å². The molecule has 1 aliphatic rings. The normalized spacial score (nSPS) is 14.2. The van der Waals surface area contributed by atoms with Gasteiger partial charge in [-0.3, -0.25) is 4.79 Å². The van der Waals surface area contributed by atoms with Crippen molar-refractivity contribution in [2.45, 2.75) is 25.8 Å². The van der Waals surface area contributed by atoms with Crippen LogP contribution in [-0.2, 0) is 0 Å². The number of nitrogens with zero attached hydrogens (tertiary/aromatic N) is 3. The third-order valence-electron chi connectivity index (χ3n) is 3.73. The van der Waals surface area contributed by atoms with Gasteiger partial charge in [-0.2, -0.15) is 0 Å². The van der Waals surface area contributed by atoms with Gasteiger partial charge in [-0.05, 0) is 25.8 Å².